The molecule has 0 fully saturated rings. The van der Waals surface area contributed by atoms with Crippen molar-refractivity contribution in [2.75, 3.05) is 5.23 Å². The third-order valence-corrected chi connectivity index (χ3v) is 1.45. The summed E-state index contributed by atoms with van der Waals surface area (Å²) in [5.74, 6) is -0.220. The lowest BCUT2D eigenvalue weighted by Crippen LogP contribution is -2.20. The number of aromatic nitrogens is 2. The molecule has 2 radical (unpaired) electrons. The molecule has 1 aromatic heterocycles. The highest BCUT2D eigenvalue weighted by atomic mass is 16.2. The molecule has 0 saturated heterocycles. The van der Waals surface area contributed by atoms with Gasteiger partial charge in [0.1, 0.15) is 5.82 Å². The predicted molar refractivity (Wildman–Crippen MR) is 51.0 cm³/mol. The van der Waals surface area contributed by atoms with Crippen molar-refractivity contribution >= 4 is 26.5 Å². The third kappa shape index (κ3) is 2.35. The molecule has 13 heavy (non-hydrogen) atoms. The number of aryl methyl sites for hydroxylation is 1. The average molecular weight is 177 g/mol. The molecular formula is C6H9B2N3O2. The van der Waals surface area contributed by atoms with Gasteiger partial charge in [-0.25, -0.2) is 4.68 Å². The molecule has 1 heterocycles. The van der Waals surface area contributed by atoms with Gasteiger partial charge in [0.05, 0.1) is 0 Å². The average Bonchev–Trinajstić information content (AvgIpc) is 2.29. The molecule has 2 N–H and O–H groups in total. The van der Waals surface area contributed by atoms with Crippen LogP contribution < -0.4 is 5.23 Å². The van der Waals surface area contributed by atoms with Gasteiger partial charge in [-0.2, -0.15) is 0 Å². The molecule has 0 aliphatic carbocycles. The molecule has 0 unspecified atom stereocenters. The van der Waals surface area contributed by atoms with Crippen molar-refractivity contribution in [2.45, 2.75) is 13.7 Å². The maximum absolute atomic E-state index is 10.8. The van der Waals surface area contributed by atoms with Gasteiger partial charge in [-0.05, 0) is 13.7 Å². The van der Waals surface area contributed by atoms with Crippen molar-refractivity contribution in [3.05, 3.63) is 11.8 Å². The van der Waals surface area contributed by atoms with E-state index in [1.807, 2.05) is 0 Å². The van der Waals surface area contributed by atoms with Gasteiger partial charge in [-0.1, -0.05) is 0 Å². The normalized spacial score (nSPS) is 9.77. The minimum Gasteiger partial charge on any atom is -0.433 e. The van der Waals surface area contributed by atoms with E-state index in [0.29, 0.717) is 11.5 Å². The number of carbonyl (C=O) groups excluding carboxylic acids is 1. The van der Waals surface area contributed by atoms with E-state index in [-0.39, 0.29) is 0 Å². The zero-order valence-corrected chi connectivity index (χ0v) is 7.48. The number of nitrogens with one attached hydrogen (secondary N) is 1. The molecular weight excluding hydrogens is 168 g/mol. The summed E-state index contributed by atoms with van der Waals surface area (Å²) in [5.41, 5.74) is 0.621. The molecule has 0 spiro atoms. The molecule has 5 nitrogen and oxygen atoms in total. The van der Waals surface area contributed by atoms with Crippen LogP contribution in [-0.4, -0.2) is 35.5 Å². The molecule has 66 valence electrons. The summed E-state index contributed by atoms with van der Waals surface area (Å²) in [6.45, 7) is 3.25. The van der Waals surface area contributed by atoms with Crippen LogP contribution in [0.1, 0.15) is 5.69 Å². The highest BCUT2D eigenvalue weighted by Gasteiger charge is 2.09. The Morgan fingerprint density at radius 3 is 2.85 bits per heavy atom. The lowest BCUT2D eigenvalue weighted by molar-refractivity contribution is 0.258. The molecule has 0 aliphatic rings. The van der Waals surface area contributed by atoms with Crippen molar-refractivity contribution in [3.8, 4) is 0 Å². The van der Waals surface area contributed by atoms with Crippen LogP contribution in [0.3, 0.4) is 0 Å². The lowest BCUT2D eigenvalue weighted by atomic mass is 9.89. The summed E-state index contributed by atoms with van der Waals surface area (Å²) in [5, 5.41) is 15.4. The van der Waals surface area contributed by atoms with Gasteiger partial charge in [0, 0.05) is 11.8 Å². The molecule has 0 saturated carbocycles. The second-order valence-electron chi connectivity index (χ2n) is 2.74. The van der Waals surface area contributed by atoms with E-state index in [1.54, 1.807) is 19.8 Å². The quantitative estimate of drug-likeness (QED) is 0.616. The maximum Gasteiger partial charge on any atom is 0.408 e. The number of hydrogen-bond donors (Lipinski definition) is 2. The fourth-order valence-electron chi connectivity index (χ4n) is 0.982. The summed E-state index contributed by atoms with van der Waals surface area (Å²) in [6, 6.07) is 1.62. The first-order chi connectivity index (χ1) is 6.00. The first-order valence-corrected chi connectivity index (χ1v) is 3.82. The topological polar surface area (TPSA) is 67.2 Å². The zero-order valence-electron chi connectivity index (χ0n) is 7.48. The number of hydrogen-bond acceptors (Lipinski definition) is 4. The van der Waals surface area contributed by atoms with Crippen LogP contribution in [0.25, 0.3) is 0 Å². The Balaban J connectivity index is 2.89. The number of carbonyl (C=O) groups is 1. The lowest BCUT2D eigenvalue weighted by Gasteiger charge is -1.99. The first kappa shape index (κ1) is 9.85. The highest BCUT2D eigenvalue weighted by Crippen LogP contribution is 2.07. The SMILES string of the molecule is [B]C(=O)n1nc(NB(C)O)cc1C. The Bertz CT molecular complexity index is 324. The Morgan fingerprint density at radius 1 is 1.85 bits per heavy atom. The summed E-state index contributed by atoms with van der Waals surface area (Å²) < 4.78 is 1.06. The first-order valence-electron chi connectivity index (χ1n) is 3.82. The summed E-state index contributed by atoms with van der Waals surface area (Å²) in [7, 11) is 4.32. The minimum absolute atomic E-state index is 0.423. The second kappa shape index (κ2) is 3.66. The van der Waals surface area contributed by atoms with E-state index in [2.05, 4.69) is 10.3 Å². The van der Waals surface area contributed by atoms with Crippen LogP contribution in [0.5, 0.6) is 0 Å². The van der Waals surface area contributed by atoms with Gasteiger partial charge in [0.2, 0.25) is 7.85 Å². The molecule has 0 atom stereocenters. The number of rotatable bonds is 2. The number of anilines is 1. The van der Waals surface area contributed by atoms with Gasteiger partial charge in [0.25, 0.3) is 0 Å². The fraction of sp³-hybridized carbons (Fsp3) is 0.333. The van der Waals surface area contributed by atoms with Crippen LogP contribution in [-0.2, 0) is 0 Å². The van der Waals surface area contributed by atoms with Crippen molar-refractivity contribution in [1.29, 1.82) is 0 Å². The molecule has 0 aliphatic heterocycles. The van der Waals surface area contributed by atoms with Crippen molar-refractivity contribution in [1.82, 2.24) is 9.78 Å². The molecule has 1 aromatic rings. The summed E-state index contributed by atoms with van der Waals surface area (Å²) in [6.07, 6.45) is 0. The Hall–Kier alpha value is -1.23. The molecule has 7 heteroatoms. The Labute approximate surface area is 77.7 Å². The van der Waals surface area contributed by atoms with Gasteiger partial charge >= 0.3 is 7.05 Å². The zero-order chi connectivity index (χ0) is 10.0. The smallest absolute Gasteiger partial charge is 0.408 e. The van der Waals surface area contributed by atoms with E-state index >= 15 is 0 Å². The maximum atomic E-state index is 10.8. The van der Waals surface area contributed by atoms with E-state index in [1.165, 1.54) is 0 Å². The van der Waals surface area contributed by atoms with Gasteiger partial charge in [-0.15, -0.1) is 5.10 Å². The summed E-state index contributed by atoms with van der Waals surface area (Å²) in [4.78, 5) is 10.8. The highest BCUT2D eigenvalue weighted by molar-refractivity contribution is 6.57. The molecule has 0 aromatic carbocycles. The van der Waals surface area contributed by atoms with Crippen LogP contribution in [0.4, 0.5) is 10.6 Å². The van der Waals surface area contributed by atoms with E-state index < -0.39 is 12.9 Å². The van der Waals surface area contributed by atoms with Crippen LogP contribution >= 0.6 is 0 Å². The second-order valence-corrected chi connectivity index (χ2v) is 2.74. The minimum atomic E-state index is -0.712. The van der Waals surface area contributed by atoms with Crippen molar-refractivity contribution in [3.63, 3.8) is 0 Å². The molecule has 0 bridgehead atoms. The van der Waals surface area contributed by atoms with Gasteiger partial charge in [-0.3, -0.25) is 4.79 Å². The number of nitrogens with zero attached hydrogens (tertiary/aromatic N) is 2. The molecule has 1 rings (SSSR count). The monoisotopic (exact) mass is 177 g/mol. The summed E-state index contributed by atoms with van der Waals surface area (Å²) >= 11 is 0. The fourth-order valence-corrected chi connectivity index (χ4v) is 0.982. The standard InChI is InChI=1S/C6H9B2N3O2/c1-4-3-5(9-8(2)13)10-11(4)6(7)12/h3,13H,1-2H3,(H,9,10). The van der Waals surface area contributed by atoms with Gasteiger partial charge < -0.3 is 10.3 Å². The van der Waals surface area contributed by atoms with Crippen LogP contribution in [0.15, 0.2) is 6.07 Å². The van der Waals surface area contributed by atoms with Crippen LogP contribution in [0.2, 0.25) is 6.82 Å². The van der Waals surface area contributed by atoms with Gasteiger partial charge in [0.15, 0.2) is 5.81 Å². The Kier molecular flexibility index (Phi) is 2.77. The van der Waals surface area contributed by atoms with E-state index in [4.69, 9.17) is 12.9 Å². The van der Waals surface area contributed by atoms with Crippen molar-refractivity contribution in [2.24, 2.45) is 0 Å². The van der Waals surface area contributed by atoms with Crippen LogP contribution in [0, 0.1) is 6.92 Å². The van der Waals surface area contributed by atoms with E-state index in [0.717, 1.165) is 4.68 Å². The molecule has 0 amide bonds. The third-order valence-electron chi connectivity index (χ3n) is 1.45. The van der Waals surface area contributed by atoms with Crippen molar-refractivity contribution < 1.29 is 9.82 Å². The van der Waals surface area contributed by atoms with E-state index in [9.17, 15) is 4.79 Å². The largest absolute Gasteiger partial charge is 0.433 e. The predicted octanol–water partition coefficient (Wildman–Crippen LogP) is -0.150. The Morgan fingerprint density at radius 2 is 2.46 bits per heavy atom.